The lowest BCUT2D eigenvalue weighted by molar-refractivity contribution is -0.143. The number of hydrogen-bond donors (Lipinski definition) is 1. The lowest BCUT2D eigenvalue weighted by Gasteiger charge is -2.14. The fraction of sp³-hybridized carbons (Fsp3) is 0.500. The van der Waals surface area contributed by atoms with Crippen molar-refractivity contribution in [2.75, 3.05) is 6.61 Å². The molecular weight excluding hydrogens is 230 g/mol. The van der Waals surface area contributed by atoms with E-state index in [4.69, 9.17) is 15.2 Å². The highest BCUT2D eigenvalue weighted by Gasteiger charge is 2.13. The largest absolute Gasteiger partial charge is 0.491 e. The highest BCUT2D eigenvalue weighted by molar-refractivity contribution is 5.70. The molecule has 0 aliphatic heterocycles. The molecule has 4 nitrogen and oxygen atoms in total. The van der Waals surface area contributed by atoms with E-state index in [1.54, 1.807) is 6.92 Å². The molecule has 0 saturated heterocycles. The molecule has 0 spiro atoms. The molecule has 18 heavy (non-hydrogen) atoms. The van der Waals surface area contributed by atoms with Crippen LogP contribution in [0, 0.1) is 0 Å². The second-order valence-corrected chi connectivity index (χ2v) is 4.35. The van der Waals surface area contributed by atoms with Crippen molar-refractivity contribution >= 4 is 5.97 Å². The van der Waals surface area contributed by atoms with Crippen LogP contribution in [0.4, 0.5) is 0 Å². The Balaban J connectivity index is 2.67. The summed E-state index contributed by atoms with van der Waals surface area (Å²) in [5.74, 6) is 0.488. The molecule has 0 heterocycles. The second kappa shape index (κ2) is 7.01. The molecule has 0 radical (unpaired) electrons. The average Bonchev–Trinajstić information content (AvgIpc) is 2.28. The third-order valence-electron chi connectivity index (χ3n) is 2.35. The predicted octanol–water partition coefficient (Wildman–Crippen LogP) is 2.43. The summed E-state index contributed by atoms with van der Waals surface area (Å²) in [4.78, 5) is 11.4. The van der Waals surface area contributed by atoms with Gasteiger partial charge in [-0.2, -0.15) is 0 Å². The van der Waals surface area contributed by atoms with Gasteiger partial charge < -0.3 is 15.2 Å². The van der Waals surface area contributed by atoms with Crippen molar-refractivity contribution in [3.05, 3.63) is 29.8 Å². The van der Waals surface area contributed by atoms with Crippen LogP contribution >= 0.6 is 0 Å². The summed E-state index contributed by atoms with van der Waals surface area (Å²) in [5, 5.41) is 0. The first-order chi connectivity index (χ1) is 8.52. The lowest BCUT2D eigenvalue weighted by atomic mass is 10.0. The van der Waals surface area contributed by atoms with E-state index in [1.807, 2.05) is 38.1 Å². The summed E-state index contributed by atoms with van der Waals surface area (Å²) in [7, 11) is 0. The van der Waals surface area contributed by atoms with Crippen LogP contribution in [0.1, 0.15) is 38.8 Å². The Morgan fingerprint density at radius 3 is 2.72 bits per heavy atom. The van der Waals surface area contributed by atoms with Gasteiger partial charge in [0.05, 0.1) is 19.1 Å². The zero-order chi connectivity index (χ0) is 13.5. The highest BCUT2D eigenvalue weighted by atomic mass is 16.5. The van der Waals surface area contributed by atoms with Gasteiger partial charge in [-0.3, -0.25) is 4.79 Å². The zero-order valence-corrected chi connectivity index (χ0v) is 11.2. The maximum absolute atomic E-state index is 11.4. The standard InChI is InChI=1S/C14H21NO3/c1-4-17-14(16)9-13(15)11-6-5-7-12(8-11)18-10(2)3/h5-8,10,13H,4,9,15H2,1-3H3. The van der Waals surface area contributed by atoms with E-state index >= 15 is 0 Å². The molecule has 1 unspecified atom stereocenters. The second-order valence-electron chi connectivity index (χ2n) is 4.35. The van der Waals surface area contributed by atoms with Crippen molar-refractivity contribution in [3.8, 4) is 5.75 Å². The SMILES string of the molecule is CCOC(=O)CC(N)c1cccc(OC(C)C)c1. The van der Waals surface area contributed by atoms with Crippen molar-refractivity contribution in [2.45, 2.75) is 39.3 Å². The van der Waals surface area contributed by atoms with Crippen molar-refractivity contribution < 1.29 is 14.3 Å². The average molecular weight is 251 g/mol. The van der Waals surface area contributed by atoms with Crippen molar-refractivity contribution in [1.82, 2.24) is 0 Å². The lowest BCUT2D eigenvalue weighted by Crippen LogP contribution is -2.17. The maximum Gasteiger partial charge on any atom is 0.307 e. The van der Waals surface area contributed by atoms with Gasteiger partial charge in [0, 0.05) is 6.04 Å². The molecule has 0 amide bonds. The summed E-state index contributed by atoms with van der Waals surface area (Å²) < 4.78 is 10.5. The molecule has 1 aromatic rings. The van der Waals surface area contributed by atoms with Gasteiger partial charge in [0.15, 0.2) is 0 Å². The van der Waals surface area contributed by atoms with Gasteiger partial charge in [-0.1, -0.05) is 12.1 Å². The molecule has 0 bridgehead atoms. The molecule has 0 saturated carbocycles. The third-order valence-corrected chi connectivity index (χ3v) is 2.35. The number of ether oxygens (including phenoxy) is 2. The van der Waals surface area contributed by atoms with E-state index in [-0.39, 0.29) is 24.5 Å². The number of carbonyl (C=O) groups is 1. The first-order valence-electron chi connectivity index (χ1n) is 6.20. The Morgan fingerprint density at radius 1 is 1.39 bits per heavy atom. The first-order valence-corrected chi connectivity index (χ1v) is 6.20. The molecule has 0 aliphatic rings. The van der Waals surface area contributed by atoms with Crippen LogP contribution in [0.25, 0.3) is 0 Å². The third kappa shape index (κ3) is 4.75. The highest BCUT2D eigenvalue weighted by Crippen LogP contribution is 2.21. The van der Waals surface area contributed by atoms with Crippen LogP contribution in [0.2, 0.25) is 0 Å². The molecule has 0 aromatic heterocycles. The minimum absolute atomic E-state index is 0.113. The van der Waals surface area contributed by atoms with Crippen molar-refractivity contribution in [1.29, 1.82) is 0 Å². The van der Waals surface area contributed by atoms with E-state index in [2.05, 4.69) is 0 Å². The van der Waals surface area contributed by atoms with Crippen LogP contribution in [-0.4, -0.2) is 18.7 Å². The summed E-state index contributed by atoms with van der Waals surface area (Å²) in [6.07, 6.45) is 0.292. The molecule has 1 aromatic carbocycles. The summed E-state index contributed by atoms with van der Waals surface area (Å²) >= 11 is 0. The fourth-order valence-electron chi connectivity index (χ4n) is 1.61. The van der Waals surface area contributed by atoms with Crippen LogP contribution in [0.3, 0.4) is 0 Å². The van der Waals surface area contributed by atoms with Crippen LogP contribution in [0.15, 0.2) is 24.3 Å². The van der Waals surface area contributed by atoms with Gasteiger partial charge >= 0.3 is 5.97 Å². The van der Waals surface area contributed by atoms with Crippen molar-refractivity contribution in [3.63, 3.8) is 0 Å². The number of hydrogen-bond acceptors (Lipinski definition) is 4. The molecule has 0 fully saturated rings. The van der Waals surface area contributed by atoms with Gasteiger partial charge in [-0.25, -0.2) is 0 Å². The van der Waals surface area contributed by atoms with Crippen molar-refractivity contribution in [2.24, 2.45) is 5.73 Å². The summed E-state index contributed by atoms with van der Waals surface area (Å²) in [6, 6.07) is 7.14. The van der Waals surface area contributed by atoms with E-state index in [1.165, 1.54) is 0 Å². The molecule has 2 N–H and O–H groups in total. The van der Waals surface area contributed by atoms with E-state index in [9.17, 15) is 4.79 Å². The zero-order valence-electron chi connectivity index (χ0n) is 11.2. The van der Waals surface area contributed by atoms with E-state index in [0.717, 1.165) is 11.3 Å². The van der Waals surface area contributed by atoms with E-state index in [0.29, 0.717) is 6.61 Å². The van der Waals surface area contributed by atoms with Gasteiger partial charge in [0.1, 0.15) is 5.75 Å². The monoisotopic (exact) mass is 251 g/mol. The molecule has 4 heteroatoms. The molecular formula is C14H21NO3. The number of rotatable bonds is 6. The van der Waals surface area contributed by atoms with Crippen LogP contribution in [-0.2, 0) is 9.53 Å². The van der Waals surface area contributed by atoms with Gasteiger partial charge in [0.25, 0.3) is 0 Å². The van der Waals surface area contributed by atoms with Crippen LogP contribution in [0.5, 0.6) is 5.75 Å². The Kier molecular flexibility index (Phi) is 5.65. The molecule has 100 valence electrons. The number of carbonyl (C=O) groups excluding carboxylic acids is 1. The normalized spacial score (nSPS) is 12.3. The van der Waals surface area contributed by atoms with Gasteiger partial charge in [-0.15, -0.1) is 0 Å². The minimum Gasteiger partial charge on any atom is -0.491 e. The minimum atomic E-state index is -0.361. The summed E-state index contributed by atoms with van der Waals surface area (Å²) in [6.45, 7) is 6.08. The first kappa shape index (κ1) is 14.5. The quantitative estimate of drug-likeness (QED) is 0.789. The Morgan fingerprint density at radius 2 is 2.11 bits per heavy atom. The van der Waals surface area contributed by atoms with Gasteiger partial charge in [0.2, 0.25) is 0 Å². The topological polar surface area (TPSA) is 61.5 Å². The smallest absolute Gasteiger partial charge is 0.307 e. The summed E-state index contributed by atoms with van der Waals surface area (Å²) in [5.41, 5.74) is 6.85. The number of benzene rings is 1. The molecule has 1 atom stereocenters. The number of nitrogens with two attached hydrogens (primary N) is 1. The fourth-order valence-corrected chi connectivity index (χ4v) is 1.61. The molecule has 0 aliphatic carbocycles. The Labute approximate surface area is 108 Å². The molecule has 1 rings (SSSR count). The van der Waals surface area contributed by atoms with E-state index < -0.39 is 0 Å². The van der Waals surface area contributed by atoms with Gasteiger partial charge in [-0.05, 0) is 38.5 Å². The Hall–Kier alpha value is -1.55. The predicted molar refractivity (Wildman–Crippen MR) is 70.4 cm³/mol. The Bertz CT molecular complexity index is 390. The van der Waals surface area contributed by atoms with Crippen LogP contribution < -0.4 is 10.5 Å². The number of esters is 1. The maximum atomic E-state index is 11.4.